The molecule has 0 N–H and O–H groups in total. The number of hydrogen-bond acceptors (Lipinski definition) is 4. The molecule has 0 fully saturated rings. The lowest BCUT2D eigenvalue weighted by Crippen LogP contribution is -2.39. The van der Waals surface area contributed by atoms with E-state index in [0.717, 1.165) is 25.8 Å². The van der Waals surface area contributed by atoms with Crippen LogP contribution in [0.1, 0.15) is 33.9 Å². The Kier molecular flexibility index (Phi) is 5.24. The lowest BCUT2D eigenvalue weighted by Gasteiger charge is -2.28. The number of carbonyl (C=O) groups is 2. The van der Waals surface area contributed by atoms with E-state index < -0.39 is 11.7 Å². The molecule has 7 heteroatoms. The van der Waals surface area contributed by atoms with Gasteiger partial charge in [-0.15, -0.1) is 0 Å². The number of amides is 1. The lowest BCUT2D eigenvalue weighted by molar-refractivity contribution is -0.114. The Balaban J connectivity index is 1.53. The summed E-state index contributed by atoms with van der Waals surface area (Å²) in [4.78, 5) is 26.8. The van der Waals surface area contributed by atoms with Crippen molar-refractivity contribution in [1.29, 1.82) is 0 Å². The molecule has 0 unspecified atom stereocenters. The molecule has 31 heavy (non-hydrogen) atoms. The molecule has 3 aromatic rings. The van der Waals surface area contributed by atoms with Gasteiger partial charge in [-0.05, 0) is 41.5 Å². The van der Waals surface area contributed by atoms with Gasteiger partial charge in [-0.1, -0.05) is 74.3 Å². The van der Waals surface area contributed by atoms with Crippen LogP contribution in [0.4, 0.5) is 5.69 Å². The predicted octanol–water partition coefficient (Wildman–Crippen LogP) is 5.55. The SMILES string of the molecule is O=C1C(=O)N(CN2N=C(c3cccc(Br)c3)C[C@H]2c2ccccc2)c2cc(Br)ccc21. The zero-order chi connectivity index (χ0) is 21.5. The van der Waals surface area contributed by atoms with Crippen molar-refractivity contribution in [2.75, 3.05) is 11.6 Å². The standard InChI is InChI=1S/C24H17Br2N3O2/c25-17-8-4-7-16(11-17)20-13-21(15-5-2-1-3-6-15)29(27-20)14-28-22-12-18(26)9-10-19(22)23(30)24(28)31/h1-12,21H,13-14H2/t21-/m0/s1. The second kappa shape index (κ2) is 8.05. The summed E-state index contributed by atoms with van der Waals surface area (Å²) in [6, 6.07) is 23.4. The van der Waals surface area contributed by atoms with Crippen molar-refractivity contribution in [3.05, 3.63) is 98.4 Å². The van der Waals surface area contributed by atoms with E-state index in [1.165, 1.54) is 4.90 Å². The van der Waals surface area contributed by atoms with Crippen LogP contribution in [0.5, 0.6) is 0 Å². The molecule has 5 nitrogen and oxygen atoms in total. The first kappa shape index (κ1) is 20.2. The number of rotatable bonds is 4. The quantitative estimate of drug-likeness (QED) is 0.409. The highest BCUT2D eigenvalue weighted by Gasteiger charge is 2.39. The third kappa shape index (κ3) is 3.72. The van der Waals surface area contributed by atoms with Crippen molar-refractivity contribution in [1.82, 2.24) is 5.01 Å². The molecular formula is C24H17Br2N3O2. The van der Waals surface area contributed by atoms with E-state index in [0.29, 0.717) is 17.7 Å². The number of nitrogens with zero attached hydrogens (tertiary/aromatic N) is 3. The van der Waals surface area contributed by atoms with E-state index in [1.807, 2.05) is 53.5 Å². The minimum atomic E-state index is -0.522. The first-order valence-corrected chi connectivity index (χ1v) is 11.4. The number of ketones is 1. The van der Waals surface area contributed by atoms with Crippen molar-refractivity contribution in [3.63, 3.8) is 0 Å². The van der Waals surface area contributed by atoms with Gasteiger partial charge in [0.15, 0.2) is 0 Å². The highest BCUT2D eigenvalue weighted by molar-refractivity contribution is 9.10. The molecule has 0 saturated carbocycles. The van der Waals surface area contributed by atoms with Gasteiger partial charge in [-0.3, -0.25) is 19.5 Å². The molecule has 0 bridgehead atoms. The molecule has 3 aromatic carbocycles. The second-order valence-electron chi connectivity index (χ2n) is 7.49. The summed E-state index contributed by atoms with van der Waals surface area (Å²) in [5.41, 5.74) is 4.14. The molecule has 0 aromatic heterocycles. The van der Waals surface area contributed by atoms with Crippen LogP contribution >= 0.6 is 31.9 Å². The van der Waals surface area contributed by atoms with Crippen molar-refractivity contribution in [2.24, 2.45) is 5.10 Å². The maximum atomic E-state index is 12.8. The van der Waals surface area contributed by atoms with Crippen molar-refractivity contribution >= 4 is 54.9 Å². The van der Waals surface area contributed by atoms with E-state index in [1.54, 1.807) is 12.1 Å². The van der Waals surface area contributed by atoms with E-state index in [4.69, 9.17) is 5.10 Å². The fourth-order valence-electron chi connectivity index (χ4n) is 4.05. The van der Waals surface area contributed by atoms with Crippen LogP contribution in [0.3, 0.4) is 0 Å². The molecule has 1 amide bonds. The fraction of sp³-hybridized carbons (Fsp3) is 0.125. The summed E-state index contributed by atoms with van der Waals surface area (Å²) in [5.74, 6) is -1.000. The van der Waals surface area contributed by atoms with E-state index in [-0.39, 0.29) is 12.7 Å². The number of benzene rings is 3. The number of carbonyl (C=O) groups excluding carboxylic acids is 2. The molecule has 0 saturated heterocycles. The van der Waals surface area contributed by atoms with Gasteiger partial charge in [-0.25, -0.2) is 0 Å². The van der Waals surface area contributed by atoms with Crippen LogP contribution in [0, 0.1) is 0 Å². The molecule has 0 spiro atoms. The third-order valence-corrected chi connectivity index (χ3v) is 6.55. The van der Waals surface area contributed by atoms with E-state index in [2.05, 4.69) is 44.0 Å². The minimum Gasteiger partial charge on any atom is -0.285 e. The predicted molar refractivity (Wildman–Crippen MR) is 127 cm³/mol. The summed E-state index contributed by atoms with van der Waals surface area (Å²) in [6.45, 7) is 0.199. The molecule has 1 atom stereocenters. The van der Waals surface area contributed by atoms with Crippen LogP contribution in [-0.2, 0) is 4.79 Å². The number of hydrogen-bond donors (Lipinski definition) is 0. The highest BCUT2D eigenvalue weighted by atomic mass is 79.9. The van der Waals surface area contributed by atoms with E-state index >= 15 is 0 Å². The van der Waals surface area contributed by atoms with Gasteiger partial charge in [0.2, 0.25) is 0 Å². The Morgan fingerprint density at radius 3 is 2.45 bits per heavy atom. The Morgan fingerprint density at radius 1 is 0.903 bits per heavy atom. The topological polar surface area (TPSA) is 53.0 Å². The molecular weight excluding hydrogens is 522 g/mol. The van der Waals surface area contributed by atoms with Crippen LogP contribution in [-0.4, -0.2) is 29.1 Å². The van der Waals surface area contributed by atoms with Crippen LogP contribution in [0.25, 0.3) is 0 Å². The second-order valence-corrected chi connectivity index (χ2v) is 9.32. The monoisotopic (exact) mass is 537 g/mol. The molecule has 2 aliphatic heterocycles. The molecule has 2 aliphatic rings. The van der Waals surface area contributed by atoms with Gasteiger partial charge < -0.3 is 0 Å². The molecule has 5 rings (SSSR count). The molecule has 2 heterocycles. The van der Waals surface area contributed by atoms with Gasteiger partial charge >= 0.3 is 5.91 Å². The summed E-state index contributed by atoms with van der Waals surface area (Å²) >= 11 is 6.98. The number of fused-ring (bicyclic) bond motifs is 1. The Bertz CT molecular complexity index is 1230. The average Bonchev–Trinajstić information content (AvgIpc) is 3.30. The van der Waals surface area contributed by atoms with Crippen molar-refractivity contribution in [3.8, 4) is 0 Å². The van der Waals surface area contributed by atoms with Crippen LogP contribution in [0.15, 0.2) is 86.8 Å². The van der Waals surface area contributed by atoms with Crippen molar-refractivity contribution < 1.29 is 9.59 Å². The normalized spacial score (nSPS) is 17.9. The molecule has 154 valence electrons. The number of hydrazone groups is 1. The highest BCUT2D eigenvalue weighted by Crippen LogP contribution is 2.37. The molecule has 0 radical (unpaired) electrons. The summed E-state index contributed by atoms with van der Waals surface area (Å²) in [5, 5.41) is 6.80. The maximum absolute atomic E-state index is 12.8. The average molecular weight is 539 g/mol. The largest absolute Gasteiger partial charge is 0.301 e. The maximum Gasteiger partial charge on any atom is 0.301 e. The zero-order valence-electron chi connectivity index (χ0n) is 16.3. The van der Waals surface area contributed by atoms with Gasteiger partial charge in [0, 0.05) is 15.4 Å². The van der Waals surface area contributed by atoms with Gasteiger partial charge in [0.1, 0.15) is 6.67 Å². The van der Waals surface area contributed by atoms with Crippen LogP contribution in [0.2, 0.25) is 0 Å². The summed E-state index contributed by atoms with van der Waals surface area (Å²) < 4.78 is 1.81. The summed E-state index contributed by atoms with van der Waals surface area (Å²) in [6.07, 6.45) is 0.710. The molecule has 0 aliphatic carbocycles. The Morgan fingerprint density at radius 2 is 1.68 bits per heavy atom. The zero-order valence-corrected chi connectivity index (χ0v) is 19.5. The first-order chi connectivity index (χ1) is 15.0. The van der Waals surface area contributed by atoms with Gasteiger partial charge in [0.25, 0.3) is 5.78 Å². The van der Waals surface area contributed by atoms with Gasteiger partial charge in [0.05, 0.1) is 23.0 Å². The Labute approximate surface area is 196 Å². The summed E-state index contributed by atoms with van der Waals surface area (Å²) in [7, 11) is 0. The smallest absolute Gasteiger partial charge is 0.285 e. The van der Waals surface area contributed by atoms with Crippen molar-refractivity contribution in [2.45, 2.75) is 12.5 Å². The first-order valence-electron chi connectivity index (χ1n) is 9.82. The van der Waals surface area contributed by atoms with Crippen LogP contribution < -0.4 is 4.90 Å². The fourth-order valence-corrected chi connectivity index (χ4v) is 4.79. The van der Waals surface area contributed by atoms with E-state index in [9.17, 15) is 9.59 Å². The lowest BCUT2D eigenvalue weighted by atomic mass is 9.99. The number of halogens is 2. The minimum absolute atomic E-state index is 0.0331. The number of anilines is 1. The third-order valence-electron chi connectivity index (χ3n) is 5.56. The Hall–Kier alpha value is -2.77. The van der Waals surface area contributed by atoms with Gasteiger partial charge in [-0.2, -0.15) is 5.10 Å². The number of Topliss-reactive ketones (excluding diaryl/α,β-unsaturated/α-hetero) is 1.